The van der Waals surface area contributed by atoms with E-state index < -0.39 is 0 Å². The van der Waals surface area contributed by atoms with Gasteiger partial charge in [0.05, 0.1) is 0 Å². The summed E-state index contributed by atoms with van der Waals surface area (Å²) in [6.45, 7) is 17.7. The molecule has 102 valence electrons. The van der Waals surface area contributed by atoms with Crippen molar-refractivity contribution < 1.29 is 0 Å². The third-order valence-electron chi connectivity index (χ3n) is 2.57. The summed E-state index contributed by atoms with van der Waals surface area (Å²) in [5, 5.41) is 0. The van der Waals surface area contributed by atoms with Crippen molar-refractivity contribution in [1.29, 1.82) is 0 Å². The van der Waals surface area contributed by atoms with Crippen molar-refractivity contribution in [1.82, 2.24) is 0 Å². The SMILES string of the molecule is C=C/C=C\C(=C)N(C(=C)/C=C\C(=C)C)c1ccccc1. The van der Waals surface area contributed by atoms with Crippen LogP contribution in [0.5, 0.6) is 0 Å². The highest BCUT2D eigenvalue weighted by atomic mass is 15.1. The molecule has 0 atom stereocenters. The molecule has 0 bridgehead atoms. The second kappa shape index (κ2) is 7.80. The van der Waals surface area contributed by atoms with Crippen LogP contribution in [-0.4, -0.2) is 0 Å². The highest BCUT2D eigenvalue weighted by Crippen LogP contribution is 2.24. The van der Waals surface area contributed by atoms with Gasteiger partial charge in [0.2, 0.25) is 0 Å². The Kier molecular flexibility index (Phi) is 6.05. The number of anilines is 1. The molecule has 1 rings (SSSR count). The summed E-state index contributed by atoms with van der Waals surface area (Å²) in [6.07, 6.45) is 9.35. The third-order valence-corrected chi connectivity index (χ3v) is 2.57. The van der Waals surface area contributed by atoms with Crippen LogP contribution in [0.15, 0.2) is 104 Å². The highest BCUT2D eigenvalue weighted by molar-refractivity contribution is 5.61. The standard InChI is InChI=1S/C19H21N/c1-6-7-11-17(4)20(18(5)15-14-16(2)3)19-12-9-8-10-13-19/h6-15H,1-2,4-5H2,3H3/b11-7-,15-14-. The van der Waals surface area contributed by atoms with Gasteiger partial charge in [0, 0.05) is 17.1 Å². The van der Waals surface area contributed by atoms with E-state index in [1.807, 2.05) is 66.5 Å². The molecule has 0 aliphatic rings. The highest BCUT2D eigenvalue weighted by Gasteiger charge is 2.09. The second-order valence-electron chi connectivity index (χ2n) is 4.43. The van der Waals surface area contributed by atoms with Crippen LogP contribution in [0.2, 0.25) is 0 Å². The lowest BCUT2D eigenvalue weighted by Gasteiger charge is -2.25. The predicted molar refractivity (Wildman–Crippen MR) is 90.5 cm³/mol. The van der Waals surface area contributed by atoms with E-state index in [0.717, 1.165) is 22.7 Å². The van der Waals surface area contributed by atoms with Crippen LogP contribution in [0.3, 0.4) is 0 Å². The molecule has 1 aromatic rings. The fourth-order valence-electron chi connectivity index (χ4n) is 1.66. The van der Waals surface area contributed by atoms with Gasteiger partial charge < -0.3 is 4.90 Å². The minimum atomic E-state index is 0.826. The summed E-state index contributed by atoms with van der Waals surface area (Å²) in [4.78, 5) is 1.99. The van der Waals surface area contributed by atoms with Crippen LogP contribution in [0.1, 0.15) is 6.92 Å². The molecule has 0 heterocycles. The van der Waals surface area contributed by atoms with Crippen LogP contribution in [0.4, 0.5) is 5.69 Å². The first kappa shape index (κ1) is 15.5. The van der Waals surface area contributed by atoms with Crippen LogP contribution >= 0.6 is 0 Å². The quantitative estimate of drug-likeness (QED) is 0.596. The van der Waals surface area contributed by atoms with Gasteiger partial charge in [-0.25, -0.2) is 0 Å². The summed E-state index contributed by atoms with van der Waals surface area (Å²) in [5.74, 6) is 0. The maximum atomic E-state index is 4.11. The molecule has 0 aliphatic heterocycles. The summed E-state index contributed by atoms with van der Waals surface area (Å²) in [6, 6.07) is 10.0. The molecule has 0 fully saturated rings. The first-order valence-corrected chi connectivity index (χ1v) is 6.42. The second-order valence-corrected chi connectivity index (χ2v) is 4.43. The summed E-state index contributed by atoms with van der Waals surface area (Å²) < 4.78 is 0. The Morgan fingerprint density at radius 3 is 2.10 bits per heavy atom. The fourth-order valence-corrected chi connectivity index (χ4v) is 1.66. The van der Waals surface area contributed by atoms with Crippen molar-refractivity contribution in [3.8, 4) is 0 Å². The van der Waals surface area contributed by atoms with Crippen molar-refractivity contribution in [3.63, 3.8) is 0 Å². The van der Waals surface area contributed by atoms with Gasteiger partial charge in [-0.15, -0.1) is 0 Å². The zero-order valence-corrected chi connectivity index (χ0v) is 12.0. The maximum Gasteiger partial charge on any atom is 0.0461 e. The number of para-hydroxylation sites is 1. The van der Waals surface area contributed by atoms with Crippen molar-refractivity contribution in [2.24, 2.45) is 0 Å². The van der Waals surface area contributed by atoms with E-state index in [1.165, 1.54) is 0 Å². The van der Waals surface area contributed by atoms with Crippen LogP contribution in [-0.2, 0) is 0 Å². The molecule has 1 aromatic carbocycles. The van der Waals surface area contributed by atoms with E-state index in [2.05, 4.69) is 26.3 Å². The number of hydrogen-bond donors (Lipinski definition) is 0. The fraction of sp³-hybridized carbons (Fsp3) is 0.0526. The van der Waals surface area contributed by atoms with Gasteiger partial charge in [-0.1, -0.05) is 68.3 Å². The molecule has 0 aromatic heterocycles. The molecule has 0 saturated heterocycles. The molecule has 20 heavy (non-hydrogen) atoms. The minimum Gasteiger partial charge on any atom is -0.312 e. The summed E-state index contributed by atoms with van der Waals surface area (Å²) >= 11 is 0. The Hall–Kier alpha value is -2.54. The van der Waals surface area contributed by atoms with Crippen molar-refractivity contribution in [3.05, 3.63) is 104 Å². The molecule has 0 spiro atoms. The summed E-state index contributed by atoms with van der Waals surface area (Å²) in [5.41, 5.74) is 3.65. The maximum absolute atomic E-state index is 4.11. The van der Waals surface area contributed by atoms with Crippen LogP contribution in [0, 0.1) is 0 Å². The topological polar surface area (TPSA) is 3.24 Å². The van der Waals surface area contributed by atoms with Crippen molar-refractivity contribution >= 4 is 5.69 Å². The number of allylic oxidation sites excluding steroid dienone is 6. The minimum absolute atomic E-state index is 0.826. The van der Waals surface area contributed by atoms with Gasteiger partial charge in [0.1, 0.15) is 0 Å². The van der Waals surface area contributed by atoms with Gasteiger partial charge in [0.15, 0.2) is 0 Å². The number of benzene rings is 1. The molecular formula is C19H21N. The lowest BCUT2D eigenvalue weighted by molar-refractivity contribution is 1.16. The summed E-state index contributed by atoms with van der Waals surface area (Å²) in [7, 11) is 0. The van der Waals surface area contributed by atoms with Crippen molar-refractivity contribution in [2.45, 2.75) is 6.92 Å². The Bertz CT molecular complexity index is 559. The van der Waals surface area contributed by atoms with Gasteiger partial charge in [-0.05, 0) is 31.2 Å². The van der Waals surface area contributed by atoms with E-state index in [1.54, 1.807) is 6.08 Å². The van der Waals surface area contributed by atoms with E-state index >= 15 is 0 Å². The molecule has 0 amide bonds. The monoisotopic (exact) mass is 263 g/mol. The van der Waals surface area contributed by atoms with Gasteiger partial charge in [0.25, 0.3) is 0 Å². The number of hydrogen-bond acceptors (Lipinski definition) is 1. The van der Waals surface area contributed by atoms with E-state index in [0.29, 0.717) is 0 Å². The molecule has 0 radical (unpaired) electrons. The zero-order chi connectivity index (χ0) is 15.0. The molecule has 0 aliphatic carbocycles. The molecule has 0 unspecified atom stereocenters. The largest absolute Gasteiger partial charge is 0.312 e. The first-order valence-electron chi connectivity index (χ1n) is 6.42. The first-order chi connectivity index (χ1) is 9.56. The zero-order valence-electron chi connectivity index (χ0n) is 12.0. The predicted octanol–water partition coefficient (Wildman–Crippen LogP) is 5.39. The van der Waals surface area contributed by atoms with E-state index in [9.17, 15) is 0 Å². The molecule has 0 saturated carbocycles. The third kappa shape index (κ3) is 4.62. The number of nitrogens with zero attached hydrogens (tertiary/aromatic N) is 1. The van der Waals surface area contributed by atoms with E-state index in [-0.39, 0.29) is 0 Å². The Labute approximate surface area is 122 Å². The number of rotatable bonds is 7. The van der Waals surface area contributed by atoms with Gasteiger partial charge in [-0.3, -0.25) is 0 Å². The average molecular weight is 263 g/mol. The molecular weight excluding hydrogens is 242 g/mol. The van der Waals surface area contributed by atoms with Gasteiger partial charge in [-0.2, -0.15) is 0 Å². The van der Waals surface area contributed by atoms with Crippen LogP contribution in [0.25, 0.3) is 0 Å². The lowest BCUT2D eigenvalue weighted by atomic mass is 10.2. The Morgan fingerprint density at radius 1 is 0.950 bits per heavy atom. The van der Waals surface area contributed by atoms with Crippen LogP contribution < -0.4 is 4.90 Å². The average Bonchev–Trinajstić information content (AvgIpc) is 2.44. The lowest BCUT2D eigenvalue weighted by Crippen LogP contribution is -2.18. The molecule has 1 heteroatoms. The normalized spacial score (nSPS) is 10.7. The molecule has 0 N–H and O–H groups in total. The molecule has 1 nitrogen and oxygen atoms in total. The van der Waals surface area contributed by atoms with Crippen molar-refractivity contribution in [2.75, 3.05) is 4.90 Å². The smallest absolute Gasteiger partial charge is 0.0461 e. The Morgan fingerprint density at radius 2 is 1.55 bits per heavy atom. The Balaban J connectivity index is 3.11. The van der Waals surface area contributed by atoms with Gasteiger partial charge >= 0.3 is 0 Å². The van der Waals surface area contributed by atoms with E-state index in [4.69, 9.17) is 0 Å².